The Kier molecular flexibility index (Phi) is 7.05. The Hall–Kier alpha value is -3.95. The Morgan fingerprint density at radius 1 is 1.06 bits per heavy atom. The van der Waals surface area contributed by atoms with Gasteiger partial charge in [-0.15, -0.1) is 0 Å². The molecule has 0 fully saturated rings. The molecule has 10 heteroatoms. The molecule has 1 heterocycles. The summed E-state index contributed by atoms with van der Waals surface area (Å²) in [7, 11) is 0. The second-order valence-electron chi connectivity index (χ2n) is 7.00. The minimum Gasteiger partial charge on any atom is -0.478 e. The number of hydrazone groups is 1. The van der Waals surface area contributed by atoms with Crippen molar-refractivity contribution in [2.24, 2.45) is 5.10 Å². The number of nitrogens with one attached hydrogen (secondary N) is 1. The number of aromatic nitrogens is 2. The van der Waals surface area contributed by atoms with Crippen molar-refractivity contribution in [2.45, 2.75) is 5.16 Å². The zero-order valence-corrected chi connectivity index (χ0v) is 19.1. The van der Waals surface area contributed by atoms with E-state index in [1.54, 1.807) is 66.7 Å². The Bertz CT molecular complexity index is 1470. The Morgan fingerprint density at radius 3 is 2.53 bits per heavy atom. The highest BCUT2D eigenvalue weighted by atomic mass is 35.5. The van der Waals surface area contributed by atoms with E-state index in [-0.39, 0.29) is 16.9 Å². The van der Waals surface area contributed by atoms with Gasteiger partial charge in [-0.05, 0) is 42.5 Å². The first-order chi connectivity index (χ1) is 16.4. The van der Waals surface area contributed by atoms with Gasteiger partial charge in [0.15, 0.2) is 5.16 Å². The fourth-order valence-electron chi connectivity index (χ4n) is 3.17. The molecule has 4 rings (SSSR count). The van der Waals surface area contributed by atoms with E-state index in [9.17, 15) is 19.5 Å². The van der Waals surface area contributed by atoms with Gasteiger partial charge in [-0.3, -0.25) is 14.2 Å². The molecule has 0 aliphatic carbocycles. The molecule has 0 radical (unpaired) electrons. The second kappa shape index (κ2) is 10.3. The molecule has 0 aliphatic rings. The quantitative estimate of drug-likeness (QED) is 0.174. The summed E-state index contributed by atoms with van der Waals surface area (Å²) in [5.41, 5.74) is 3.62. The number of carbonyl (C=O) groups excluding carboxylic acids is 1. The first-order valence-electron chi connectivity index (χ1n) is 9.99. The van der Waals surface area contributed by atoms with Crippen LogP contribution in [0.2, 0.25) is 5.02 Å². The van der Waals surface area contributed by atoms with E-state index in [0.717, 1.165) is 11.8 Å². The number of carbonyl (C=O) groups is 2. The minimum absolute atomic E-state index is 0.0715. The van der Waals surface area contributed by atoms with Crippen LogP contribution in [-0.2, 0) is 4.79 Å². The fourth-order valence-corrected chi connectivity index (χ4v) is 4.10. The van der Waals surface area contributed by atoms with Crippen molar-refractivity contribution in [3.63, 3.8) is 0 Å². The van der Waals surface area contributed by atoms with Gasteiger partial charge in [-0.2, -0.15) is 5.10 Å². The van der Waals surface area contributed by atoms with Crippen molar-refractivity contribution in [3.8, 4) is 5.69 Å². The largest absolute Gasteiger partial charge is 0.478 e. The van der Waals surface area contributed by atoms with Crippen LogP contribution in [0.25, 0.3) is 16.6 Å². The molecule has 2 N–H and O–H groups in total. The first kappa shape index (κ1) is 23.2. The summed E-state index contributed by atoms with van der Waals surface area (Å²) in [5.74, 6) is -1.61. The smallest absolute Gasteiger partial charge is 0.336 e. The summed E-state index contributed by atoms with van der Waals surface area (Å²) in [6.45, 7) is 0. The molecule has 1 aromatic heterocycles. The summed E-state index contributed by atoms with van der Waals surface area (Å²) >= 11 is 7.07. The van der Waals surface area contributed by atoms with Crippen LogP contribution >= 0.6 is 23.4 Å². The number of halogens is 1. The van der Waals surface area contributed by atoms with Crippen LogP contribution < -0.4 is 11.0 Å². The molecule has 0 spiro atoms. The summed E-state index contributed by atoms with van der Waals surface area (Å²) in [6, 6.07) is 20.0. The van der Waals surface area contributed by atoms with Gasteiger partial charge in [0.25, 0.3) is 11.5 Å². The number of amides is 1. The highest BCUT2D eigenvalue weighted by Crippen LogP contribution is 2.22. The topological polar surface area (TPSA) is 114 Å². The van der Waals surface area contributed by atoms with Gasteiger partial charge in [0.2, 0.25) is 0 Å². The minimum atomic E-state index is -1.09. The molecule has 3 aromatic carbocycles. The number of hydrogen-bond acceptors (Lipinski definition) is 6. The maximum absolute atomic E-state index is 13.2. The number of nitrogens with zero attached hydrogens (tertiary/aromatic N) is 3. The lowest BCUT2D eigenvalue weighted by atomic mass is 10.1. The molecule has 0 bridgehead atoms. The van der Waals surface area contributed by atoms with Gasteiger partial charge in [0, 0.05) is 10.6 Å². The molecule has 0 atom stereocenters. The number of carboxylic acids is 1. The number of carboxylic acid groups (broad SMARTS) is 1. The molecule has 0 saturated carbocycles. The molecule has 0 saturated heterocycles. The summed E-state index contributed by atoms with van der Waals surface area (Å²) in [6.07, 6.45) is 1.27. The number of benzene rings is 3. The number of fused-ring (bicyclic) bond motifs is 1. The Labute approximate surface area is 202 Å². The lowest BCUT2D eigenvalue weighted by Gasteiger charge is -2.13. The van der Waals surface area contributed by atoms with Crippen LogP contribution in [0.4, 0.5) is 0 Å². The summed E-state index contributed by atoms with van der Waals surface area (Å²) < 4.78 is 1.43. The Balaban J connectivity index is 1.56. The van der Waals surface area contributed by atoms with Crippen molar-refractivity contribution < 1.29 is 14.7 Å². The molecule has 0 unspecified atom stereocenters. The van der Waals surface area contributed by atoms with Gasteiger partial charge in [-0.1, -0.05) is 53.7 Å². The Morgan fingerprint density at radius 2 is 1.76 bits per heavy atom. The first-order valence-corrected chi connectivity index (χ1v) is 11.3. The summed E-state index contributed by atoms with van der Waals surface area (Å²) in [5, 5.41) is 14.4. The van der Waals surface area contributed by atoms with Gasteiger partial charge < -0.3 is 5.11 Å². The third-order valence-corrected chi connectivity index (χ3v) is 5.94. The van der Waals surface area contributed by atoms with Gasteiger partial charge in [0.05, 0.1) is 34.1 Å². The lowest BCUT2D eigenvalue weighted by molar-refractivity contribution is -0.118. The fraction of sp³-hybridized carbons (Fsp3) is 0.0417. The van der Waals surface area contributed by atoms with E-state index in [1.807, 2.05) is 0 Å². The molecule has 170 valence electrons. The van der Waals surface area contributed by atoms with E-state index in [1.165, 1.54) is 16.8 Å². The predicted molar refractivity (Wildman–Crippen MR) is 132 cm³/mol. The number of thioether (sulfide) groups is 1. The van der Waals surface area contributed by atoms with Crippen LogP contribution in [0.15, 0.2) is 87.8 Å². The zero-order chi connectivity index (χ0) is 24.1. The zero-order valence-electron chi connectivity index (χ0n) is 17.5. The molecule has 0 aliphatic heterocycles. The molecule has 34 heavy (non-hydrogen) atoms. The number of para-hydroxylation sites is 1. The maximum Gasteiger partial charge on any atom is 0.336 e. The van der Waals surface area contributed by atoms with Crippen LogP contribution in [0, 0.1) is 0 Å². The summed E-state index contributed by atoms with van der Waals surface area (Å²) in [4.78, 5) is 41.4. The predicted octanol–water partition coefficient (Wildman–Crippen LogP) is 3.98. The highest BCUT2D eigenvalue weighted by molar-refractivity contribution is 7.99. The lowest BCUT2D eigenvalue weighted by Crippen LogP contribution is -2.24. The molecular weight excluding hydrogens is 476 g/mol. The van der Waals surface area contributed by atoms with Crippen LogP contribution in [0.1, 0.15) is 15.9 Å². The maximum atomic E-state index is 13.2. The van der Waals surface area contributed by atoms with Gasteiger partial charge >= 0.3 is 5.97 Å². The van der Waals surface area contributed by atoms with E-state index >= 15 is 0 Å². The van der Waals surface area contributed by atoms with Crippen molar-refractivity contribution in [3.05, 3.63) is 99.3 Å². The third kappa shape index (κ3) is 5.16. The molecule has 4 aromatic rings. The molecule has 8 nitrogen and oxygen atoms in total. The van der Waals surface area contributed by atoms with Gasteiger partial charge in [0.1, 0.15) is 0 Å². The normalized spacial score (nSPS) is 11.1. The highest BCUT2D eigenvalue weighted by Gasteiger charge is 2.15. The molecule has 1 amide bonds. The standard InChI is InChI=1S/C24H17ClN4O4S/c25-16-9-11-17(12-10-16)29-22(31)19-7-3-4-8-20(19)27-24(29)34-14-21(30)28-26-13-15-5-1-2-6-18(15)23(32)33/h1-13H,14H2,(H,28,30)(H,32,33)/b26-13-. The van der Waals surface area contributed by atoms with E-state index in [0.29, 0.717) is 32.3 Å². The molecular formula is C24H17ClN4O4S. The number of rotatable bonds is 7. The van der Waals surface area contributed by atoms with Crippen LogP contribution in [-0.4, -0.2) is 38.5 Å². The van der Waals surface area contributed by atoms with Crippen molar-refractivity contribution >= 4 is 52.4 Å². The van der Waals surface area contributed by atoms with Crippen LogP contribution in [0.3, 0.4) is 0 Å². The van der Waals surface area contributed by atoms with Crippen LogP contribution in [0.5, 0.6) is 0 Å². The third-order valence-electron chi connectivity index (χ3n) is 4.75. The SMILES string of the molecule is O=C(CSc1nc2ccccc2c(=O)n1-c1ccc(Cl)cc1)N/N=C\c1ccccc1C(=O)O. The van der Waals surface area contributed by atoms with Crippen molar-refractivity contribution in [1.29, 1.82) is 0 Å². The number of aromatic carboxylic acids is 1. The van der Waals surface area contributed by atoms with Crippen molar-refractivity contribution in [2.75, 3.05) is 5.75 Å². The average molecular weight is 493 g/mol. The van der Waals surface area contributed by atoms with E-state index < -0.39 is 11.9 Å². The van der Waals surface area contributed by atoms with E-state index in [2.05, 4.69) is 15.5 Å². The second-order valence-corrected chi connectivity index (χ2v) is 8.38. The number of hydrogen-bond donors (Lipinski definition) is 2. The van der Waals surface area contributed by atoms with Gasteiger partial charge in [-0.25, -0.2) is 15.2 Å². The average Bonchev–Trinajstić information content (AvgIpc) is 2.84. The van der Waals surface area contributed by atoms with E-state index in [4.69, 9.17) is 11.6 Å². The van der Waals surface area contributed by atoms with Crippen molar-refractivity contribution in [1.82, 2.24) is 15.0 Å². The monoisotopic (exact) mass is 492 g/mol.